The number of pyridine rings is 1. The number of carbonyl (C=O) groups excluding carboxylic acids is 1. The van der Waals surface area contributed by atoms with Crippen LogP contribution < -0.4 is 14.5 Å². The number of carbonyl (C=O) groups is 2. The molecule has 1 fully saturated rings. The second kappa shape index (κ2) is 9.56. The molecule has 1 aromatic heterocycles. The molecule has 170 valence electrons. The molecule has 0 saturated heterocycles. The van der Waals surface area contributed by atoms with E-state index in [-0.39, 0.29) is 23.8 Å². The third-order valence-corrected chi connectivity index (χ3v) is 6.14. The number of anilines is 1. The fraction of sp³-hybridized carbons (Fsp3) is 0.458. The standard InChI is InChI=1S/C24H27N2O6/c1-2-31-21-12-15(8-9-20(21)32-16-6-4-3-5-7-16)17(13-22(27)28)23-24(29)18-14-25-11-10-19(18)26(23)30/h8-12,14,16-17,23H,2-7,13H2,1H3,(H,27,28)/q-1. The molecule has 2 atom stereocenters. The van der Waals surface area contributed by atoms with Crippen LogP contribution in [0.25, 0.3) is 0 Å². The van der Waals surface area contributed by atoms with E-state index in [2.05, 4.69) is 4.98 Å². The van der Waals surface area contributed by atoms with Gasteiger partial charge in [-0.1, -0.05) is 12.5 Å². The van der Waals surface area contributed by atoms with Gasteiger partial charge in [-0.15, -0.1) is 0 Å². The summed E-state index contributed by atoms with van der Waals surface area (Å²) in [5.74, 6) is -1.28. The molecule has 2 aromatic rings. The van der Waals surface area contributed by atoms with Crippen molar-refractivity contribution in [2.45, 2.75) is 63.5 Å². The fourth-order valence-electron chi connectivity index (χ4n) is 4.61. The maximum atomic E-state index is 13.0. The number of hydrogen-bond acceptors (Lipinski definition) is 7. The van der Waals surface area contributed by atoms with Crippen LogP contribution in [0.15, 0.2) is 36.7 Å². The van der Waals surface area contributed by atoms with Crippen molar-refractivity contribution in [1.29, 1.82) is 0 Å². The van der Waals surface area contributed by atoms with Gasteiger partial charge in [0, 0.05) is 24.0 Å². The molecule has 32 heavy (non-hydrogen) atoms. The summed E-state index contributed by atoms with van der Waals surface area (Å²) in [6, 6.07) is 5.50. The van der Waals surface area contributed by atoms with E-state index in [4.69, 9.17) is 9.47 Å². The monoisotopic (exact) mass is 439 g/mol. The van der Waals surface area contributed by atoms with Crippen LogP contribution in [0.1, 0.15) is 67.3 Å². The van der Waals surface area contributed by atoms with Crippen molar-refractivity contribution in [2.75, 3.05) is 11.7 Å². The number of aromatic nitrogens is 1. The van der Waals surface area contributed by atoms with Gasteiger partial charge < -0.3 is 24.9 Å². The van der Waals surface area contributed by atoms with Crippen molar-refractivity contribution >= 4 is 17.4 Å². The van der Waals surface area contributed by atoms with E-state index >= 15 is 0 Å². The van der Waals surface area contributed by atoms with Crippen LogP contribution in [-0.4, -0.2) is 40.6 Å². The number of nitrogens with zero attached hydrogens (tertiary/aromatic N) is 2. The number of hydroxylamine groups is 1. The van der Waals surface area contributed by atoms with Crippen LogP contribution in [0.5, 0.6) is 11.5 Å². The average molecular weight is 439 g/mol. The number of carboxylic acid groups (broad SMARTS) is 1. The highest BCUT2D eigenvalue weighted by Gasteiger charge is 2.40. The van der Waals surface area contributed by atoms with Gasteiger partial charge in [0.05, 0.1) is 30.7 Å². The van der Waals surface area contributed by atoms with Crippen molar-refractivity contribution in [1.82, 2.24) is 4.98 Å². The number of carboxylic acids is 1. The molecular weight excluding hydrogens is 412 g/mol. The minimum Gasteiger partial charge on any atom is -0.758 e. The molecule has 0 spiro atoms. The van der Waals surface area contributed by atoms with E-state index < -0.39 is 23.7 Å². The number of aliphatic carboxylic acids is 1. The van der Waals surface area contributed by atoms with Gasteiger partial charge in [0.1, 0.15) is 0 Å². The van der Waals surface area contributed by atoms with Crippen molar-refractivity contribution < 1.29 is 24.2 Å². The molecule has 1 aromatic carbocycles. The molecule has 8 heteroatoms. The molecule has 0 radical (unpaired) electrons. The van der Waals surface area contributed by atoms with Gasteiger partial charge in [0.15, 0.2) is 17.3 Å². The van der Waals surface area contributed by atoms with Crippen LogP contribution >= 0.6 is 0 Å². The first-order chi connectivity index (χ1) is 15.5. The van der Waals surface area contributed by atoms with Gasteiger partial charge >= 0.3 is 5.97 Å². The summed E-state index contributed by atoms with van der Waals surface area (Å²) in [6.45, 7) is 2.26. The SMILES string of the molecule is CCOc1cc(C(CC(=O)O)C2C(=O)c3cnccc3N2[O-])ccc1OC1CCCCC1. The second-order valence-corrected chi connectivity index (χ2v) is 8.25. The van der Waals surface area contributed by atoms with E-state index in [1.54, 1.807) is 18.2 Å². The number of rotatable bonds is 8. The molecule has 1 aliphatic heterocycles. The minimum atomic E-state index is -1.18. The summed E-state index contributed by atoms with van der Waals surface area (Å²) < 4.78 is 12.0. The van der Waals surface area contributed by atoms with Crippen LogP contribution in [0.3, 0.4) is 0 Å². The normalized spacial score (nSPS) is 19.5. The Morgan fingerprint density at radius 1 is 1.25 bits per heavy atom. The highest BCUT2D eigenvalue weighted by molar-refractivity contribution is 6.11. The summed E-state index contributed by atoms with van der Waals surface area (Å²) >= 11 is 0. The lowest BCUT2D eigenvalue weighted by molar-refractivity contribution is -0.137. The molecule has 0 bridgehead atoms. The first-order valence-electron chi connectivity index (χ1n) is 11.1. The number of benzene rings is 1. The number of hydrogen-bond donors (Lipinski definition) is 1. The summed E-state index contributed by atoms with van der Waals surface area (Å²) in [5.41, 5.74) is 0.977. The van der Waals surface area contributed by atoms with Crippen molar-refractivity contribution in [3.05, 3.63) is 53.0 Å². The molecule has 2 heterocycles. The Morgan fingerprint density at radius 2 is 2.03 bits per heavy atom. The van der Waals surface area contributed by atoms with Gasteiger partial charge in [0.25, 0.3) is 0 Å². The zero-order chi connectivity index (χ0) is 22.7. The zero-order valence-corrected chi connectivity index (χ0v) is 18.0. The van der Waals surface area contributed by atoms with Gasteiger partial charge in [-0.2, -0.15) is 0 Å². The number of Topliss-reactive ketones (excluding diaryl/α,β-unsaturated/α-hetero) is 1. The van der Waals surface area contributed by atoms with E-state index in [9.17, 15) is 19.9 Å². The van der Waals surface area contributed by atoms with Gasteiger partial charge in [-0.05, 0) is 56.4 Å². The van der Waals surface area contributed by atoms with E-state index in [1.807, 2.05) is 6.92 Å². The Morgan fingerprint density at radius 3 is 2.72 bits per heavy atom. The van der Waals surface area contributed by atoms with Crippen LogP contribution in [0.2, 0.25) is 0 Å². The fourth-order valence-corrected chi connectivity index (χ4v) is 4.61. The Balaban J connectivity index is 1.67. The quantitative estimate of drug-likeness (QED) is 0.647. The molecule has 0 amide bonds. The lowest BCUT2D eigenvalue weighted by Gasteiger charge is -2.37. The molecule has 2 unspecified atom stereocenters. The highest BCUT2D eigenvalue weighted by atomic mass is 16.5. The Bertz CT molecular complexity index is 988. The molecule has 1 N–H and O–H groups in total. The third kappa shape index (κ3) is 4.41. The summed E-state index contributed by atoms with van der Waals surface area (Å²) in [4.78, 5) is 28.6. The molecule has 4 rings (SSSR count). The zero-order valence-electron chi connectivity index (χ0n) is 18.0. The van der Waals surface area contributed by atoms with Crippen LogP contribution in [0, 0.1) is 5.21 Å². The Hall–Kier alpha value is -3.13. The summed E-state index contributed by atoms with van der Waals surface area (Å²) in [5, 5.41) is 23.1. The molecule has 8 nitrogen and oxygen atoms in total. The van der Waals surface area contributed by atoms with Crippen molar-refractivity contribution in [2.24, 2.45) is 0 Å². The predicted molar refractivity (Wildman–Crippen MR) is 118 cm³/mol. The lowest BCUT2D eigenvalue weighted by atomic mass is 9.86. The minimum absolute atomic E-state index is 0.124. The molecule has 2 aliphatic rings. The Kier molecular flexibility index (Phi) is 6.60. The van der Waals surface area contributed by atoms with Crippen molar-refractivity contribution in [3.63, 3.8) is 0 Å². The largest absolute Gasteiger partial charge is 0.758 e. The first kappa shape index (κ1) is 22.1. The number of ketones is 1. The number of fused-ring (bicyclic) bond motifs is 1. The maximum absolute atomic E-state index is 13.0. The first-order valence-corrected chi connectivity index (χ1v) is 11.1. The average Bonchev–Trinajstić information content (AvgIpc) is 3.04. The van der Waals surface area contributed by atoms with Crippen LogP contribution in [-0.2, 0) is 4.79 Å². The number of ether oxygens (including phenoxy) is 2. The van der Waals surface area contributed by atoms with E-state index in [1.165, 1.54) is 24.9 Å². The van der Waals surface area contributed by atoms with E-state index in [0.29, 0.717) is 28.7 Å². The predicted octanol–water partition coefficient (Wildman–Crippen LogP) is 4.32. The highest BCUT2D eigenvalue weighted by Crippen LogP contribution is 2.41. The Labute approximate surface area is 186 Å². The van der Waals surface area contributed by atoms with Gasteiger partial charge in [-0.25, -0.2) is 0 Å². The van der Waals surface area contributed by atoms with Gasteiger partial charge in [0.2, 0.25) is 0 Å². The van der Waals surface area contributed by atoms with E-state index in [0.717, 1.165) is 25.7 Å². The summed E-state index contributed by atoms with van der Waals surface area (Å²) in [6.07, 6.45) is 8.00. The lowest BCUT2D eigenvalue weighted by Crippen LogP contribution is -2.37. The third-order valence-electron chi connectivity index (χ3n) is 6.14. The second-order valence-electron chi connectivity index (χ2n) is 8.25. The van der Waals surface area contributed by atoms with Crippen LogP contribution in [0.4, 0.5) is 5.69 Å². The smallest absolute Gasteiger partial charge is 0.304 e. The topological polar surface area (TPSA) is 112 Å². The summed E-state index contributed by atoms with van der Waals surface area (Å²) in [7, 11) is 0. The molecular formula is C24H27N2O6-. The maximum Gasteiger partial charge on any atom is 0.304 e. The molecule has 1 aliphatic carbocycles. The molecule has 1 saturated carbocycles. The van der Waals surface area contributed by atoms with Crippen molar-refractivity contribution in [3.8, 4) is 11.5 Å². The van der Waals surface area contributed by atoms with Gasteiger partial charge in [-0.3, -0.25) is 14.6 Å².